The second kappa shape index (κ2) is 5.66. The highest BCUT2D eigenvalue weighted by Gasteiger charge is 2.21. The molecule has 1 aliphatic heterocycles. The number of hydrogen-bond donors (Lipinski definition) is 0. The van der Waals surface area contributed by atoms with Gasteiger partial charge in [0.1, 0.15) is 11.3 Å². The van der Waals surface area contributed by atoms with Crippen molar-refractivity contribution in [1.29, 1.82) is 0 Å². The lowest BCUT2D eigenvalue weighted by molar-refractivity contribution is 0.0485. The summed E-state index contributed by atoms with van der Waals surface area (Å²) in [5.41, 5.74) is 0.641. The number of nitrogens with zero attached hydrogens (tertiary/aromatic N) is 2. The van der Waals surface area contributed by atoms with Gasteiger partial charge >= 0.3 is 0 Å². The van der Waals surface area contributed by atoms with Gasteiger partial charge in [-0.1, -0.05) is 0 Å². The first-order valence-electron chi connectivity index (χ1n) is 6.67. The third-order valence-corrected chi connectivity index (χ3v) is 3.93. The summed E-state index contributed by atoms with van der Waals surface area (Å²) >= 11 is 5.88. The van der Waals surface area contributed by atoms with E-state index in [0.29, 0.717) is 24.5 Å². The van der Waals surface area contributed by atoms with Gasteiger partial charge in [0.05, 0.1) is 18.0 Å². The first-order chi connectivity index (χ1) is 9.70. The summed E-state index contributed by atoms with van der Waals surface area (Å²) in [4.78, 5) is 4.28. The van der Waals surface area contributed by atoms with Crippen LogP contribution in [0.2, 0.25) is 0 Å². The minimum absolute atomic E-state index is 0.170. The van der Waals surface area contributed by atoms with Gasteiger partial charge in [0.25, 0.3) is 0 Å². The van der Waals surface area contributed by atoms with E-state index in [2.05, 4.69) is 4.98 Å². The number of benzene rings is 1. The van der Waals surface area contributed by atoms with E-state index >= 15 is 0 Å². The summed E-state index contributed by atoms with van der Waals surface area (Å²) in [6.45, 7) is 1.96. The Morgan fingerprint density at radius 1 is 1.40 bits per heavy atom. The Bertz CT molecular complexity index is 623. The van der Waals surface area contributed by atoms with Crippen LogP contribution in [0.3, 0.4) is 0 Å². The summed E-state index contributed by atoms with van der Waals surface area (Å²) in [6, 6.07) is 2.58. The summed E-state index contributed by atoms with van der Waals surface area (Å²) < 4.78 is 34.6. The monoisotopic (exact) mass is 300 g/mol. The van der Waals surface area contributed by atoms with Gasteiger partial charge in [-0.2, -0.15) is 0 Å². The SMILES string of the molecule is Fc1ccc2nc(CCl)n(CC3CCCOC3)c2c1F. The van der Waals surface area contributed by atoms with Crippen molar-refractivity contribution in [2.75, 3.05) is 13.2 Å². The minimum atomic E-state index is -0.861. The van der Waals surface area contributed by atoms with Crippen LogP contribution in [0.1, 0.15) is 18.7 Å². The summed E-state index contributed by atoms with van der Waals surface area (Å²) in [7, 11) is 0. The molecule has 1 saturated heterocycles. The average Bonchev–Trinajstić information content (AvgIpc) is 2.83. The Labute approximate surface area is 120 Å². The van der Waals surface area contributed by atoms with Gasteiger partial charge in [0.2, 0.25) is 0 Å². The van der Waals surface area contributed by atoms with Crippen molar-refractivity contribution in [1.82, 2.24) is 9.55 Å². The second-order valence-electron chi connectivity index (χ2n) is 5.08. The number of rotatable bonds is 3. The van der Waals surface area contributed by atoms with Crippen molar-refractivity contribution in [3.8, 4) is 0 Å². The Morgan fingerprint density at radius 2 is 2.25 bits per heavy atom. The number of hydrogen-bond acceptors (Lipinski definition) is 2. The van der Waals surface area contributed by atoms with Crippen LogP contribution in [0.5, 0.6) is 0 Å². The predicted octanol–water partition coefficient (Wildman–Crippen LogP) is 3.48. The predicted molar refractivity (Wildman–Crippen MR) is 72.7 cm³/mol. The average molecular weight is 301 g/mol. The molecule has 1 atom stereocenters. The van der Waals surface area contributed by atoms with Crippen LogP contribution in [-0.4, -0.2) is 22.8 Å². The molecular formula is C14H15ClF2N2O. The first kappa shape index (κ1) is 13.8. The maximum Gasteiger partial charge on any atom is 0.184 e. The summed E-state index contributed by atoms with van der Waals surface area (Å²) in [6.07, 6.45) is 2.00. The zero-order chi connectivity index (χ0) is 14.1. The molecule has 108 valence electrons. The fourth-order valence-electron chi connectivity index (χ4n) is 2.71. The molecule has 1 aromatic carbocycles. The second-order valence-corrected chi connectivity index (χ2v) is 5.35. The van der Waals surface area contributed by atoms with E-state index < -0.39 is 11.6 Å². The molecule has 1 unspecified atom stereocenters. The molecule has 2 aromatic rings. The Balaban J connectivity index is 2.04. The molecule has 1 aromatic heterocycles. The minimum Gasteiger partial charge on any atom is -0.381 e. The van der Waals surface area contributed by atoms with Crippen molar-refractivity contribution in [3.05, 3.63) is 29.6 Å². The maximum atomic E-state index is 14.1. The molecule has 2 heterocycles. The van der Waals surface area contributed by atoms with E-state index in [0.717, 1.165) is 25.5 Å². The highest BCUT2D eigenvalue weighted by atomic mass is 35.5. The van der Waals surface area contributed by atoms with Crippen LogP contribution in [0.4, 0.5) is 8.78 Å². The van der Waals surface area contributed by atoms with E-state index in [9.17, 15) is 8.78 Å². The number of alkyl halides is 1. The van der Waals surface area contributed by atoms with Gasteiger partial charge < -0.3 is 9.30 Å². The maximum absolute atomic E-state index is 14.1. The fraction of sp³-hybridized carbons (Fsp3) is 0.500. The molecule has 6 heteroatoms. The van der Waals surface area contributed by atoms with Crippen molar-refractivity contribution in [2.24, 2.45) is 5.92 Å². The van der Waals surface area contributed by atoms with E-state index in [-0.39, 0.29) is 17.3 Å². The van der Waals surface area contributed by atoms with Gasteiger partial charge in [-0.05, 0) is 25.0 Å². The van der Waals surface area contributed by atoms with E-state index in [4.69, 9.17) is 16.3 Å². The first-order valence-corrected chi connectivity index (χ1v) is 7.21. The van der Waals surface area contributed by atoms with Crippen molar-refractivity contribution < 1.29 is 13.5 Å². The molecule has 0 saturated carbocycles. The number of fused-ring (bicyclic) bond motifs is 1. The van der Waals surface area contributed by atoms with Crippen molar-refractivity contribution in [3.63, 3.8) is 0 Å². The topological polar surface area (TPSA) is 27.1 Å². The van der Waals surface area contributed by atoms with Gasteiger partial charge in [-0.3, -0.25) is 0 Å². The third kappa shape index (κ3) is 2.40. The van der Waals surface area contributed by atoms with Gasteiger partial charge in [-0.25, -0.2) is 13.8 Å². The number of ether oxygens (including phenoxy) is 1. The van der Waals surface area contributed by atoms with Gasteiger partial charge in [-0.15, -0.1) is 11.6 Å². The lowest BCUT2D eigenvalue weighted by Gasteiger charge is -2.23. The number of imidazole rings is 1. The number of halogens is 3. The molecule has 3 rings (SSSR count). The van der Waals surface area contributed by atoms with Crippen LogP contribution in [0.25, 0.3) is 11.0 Å². The lowest BCUT2D eigenvalue weighted by atomic mass is 10.0. The molecule has 0 N–H and O–H groups in total. The summed E-state index contributed by atoms with van der Waals surface area (Å²) in [5.74, 6) is -0.700. The Hall–Kier alpha value is -1.20. The molecule has 0 bridgehead atoms. The summed E-state index contributed by atoms with van der Waals surface area (Å²) in [5, 5.41) is 0. The highest BCUT2D eigenvalue weighted by Crippen LogP contribution is 2.25. The van der Waals surface area contributed by atoms with Crippen molar-refractivity contribution >= 4 is 22.6 Å². The molecule has 1 aliphatic rings. The lowest BCUT2D eigenvalue weighted by Crippen LogP contribution is -2.23. The standard InChI is InChI=1S/C14H15ClF2N2O/c15-6-12-18-11-4-3-10(16)13(17)14(11)19(12)7-9-2-1-5-20-8-9/h3-4,9H,1-2,5-8H2. The normalized spacial score (nSPS) is 19.6. The van der Waals surface area contributed by atoms with Crippen LogP contribution in [0.15, 0.2) is 12.1 Å². The van der Waals surface area contributed by atoms with Crippen molar-refractivity contribution in [2.45, 2.75) is 25.3 Å². The molecule has 0 amide bonds. The third-order valence-electron chi connectivity index (χ3n) is 3.69. The van der Waals surface area contributed by atoms with Gasteiger partial charge in [0.15, 0.2) is 11.6 Å². The largest absolute Gasteiger partial charge is 0.381 e. The van der Waals surface area contributed by atoms with Gasteiger partial charge in [0, 0.05) is 19.1 Å². The Morgan fingerprint density at radius 3 is 2.95 bits per heavy atom. The Kier molecular flexibility index (Phi) is 3.89. The molecule has 20 heavy (non-hydrogen) atoms. The molecule has 0 aliphatic carbocycles. The van der Waals surface area contributed by atoms with Crippen LogP contribution >= 0.6 is 11.6 Å². The number of aromatic nitrogens is 2. The quantitative estimate of drug-likeness (QED) is 0.812. The van der Waals surface area contributed by atoms with Crippen LogP contribution in [0, 0.1) is 17.6 Å². The molecular weight excluding hydrogens is 286 g/mol. The smallest absolute Gasteiger partial charge is 0.184 e. The van der Waals surface area contributed by atoms with E-state index in [1.165, 1.54) is 6.07 Å². The molecule has 0 radical (unpaired) electrons. The molecule has 0 spiro atoms. The van der Waals surface area contributed by atoms with E-state index in [1.54, 1.807) is 4.57 Å². The fourth-order valence-corrected chi connectivity index (χ4v) is 2.92. The van der Waals surface area contributed by atoms with Crippen LogP contribution in [-0.2, 0) is 17.2 Å². The van der Waals surface area contributed by atoms with E-state index in [1.807, 2.05) is 0 Å². The van der Waals surface area contributed by atoms with Crippen LogP contribution < -0.4 is 0 Å². The molecule has 3 nitrogen and oxygen atoms in total. The molecule has 1 fully saturated rings. The zero-order valence-corrected chi connectivity index (χ0v) is 11.7. The zero-order valence-electron chi connectivity index (χ0n) is 10.9. The highest BCUT2D eigenvalue weighted by molar-refractivity contribution is 6.16.